The van der Waals surface area contributed by atoms with Crippen LogP contribution in [0, 0.1) is 15.5 Å². The third kappa shape index (κ3) is 8.64. The number of ether oxygens (including phenoxy) is 7. The molecule has 0 radical (unpaired) electrons. The van der Waals surface area contributed by atoms with E-state index in [2.05, 4.69) is 25.8 Å². The molecule has 13 heteroatoms. The van der Waals surface area contributed by atoms with Gasteiger partial charge in [-0.2, -0.15) is 0 Å². The molecule has 49 heavy (non-hydrogen) atoms. The third-order valence-corrected chi connectivity index (χ3v) is 8.23. The first kappa shape index (κ1) is 36.6. The second-order valence-electron chi connectivity index (χ2n) is 12.3. The lowest BCUT2D eigenvalue weighted by Crippen LogP contribution is -2.35. The Balaban J connectivity index is 0.000000242. The Morgan fingerprint density at radius 1 is 0.878 bits per heavy atom. The molecule has 264 valence electrons. The number of rotatable bonds is 13. The number of benzene rings is 3. The van der Waals surface area contributed by atoms with E-state index in [1.54, 1.807) is 44.6 Å². The molecule has 1 saturated heterocycles. The molecule has 1 unspecified atom stereocenters. The van der Waals surface area contributed by atoms with Crippen LogP contribution in [0.15, 0.2) is 47.5 Å². The van der Waals surface area contributed by atoms with Gasteiger partial charge in [0.2, 0.25) is 11.5 Å². The highest BCUT2D eigenvalue weighted by atomic mass is 16.6. The van der Waals surface area contributed by atoms with Crippen LogP contribution in [0.5, 0.6) is 46.0 Å². The van der Waals surface area contributed by atoms with Gasteiger partial charge >= 0.3 is 5.69 Å². The van der Waals surface area contributed by atoms with Gasteiger partial charge in [0.1, 0.15) is 11.5 Å². The van der Waals surface area contributed by atoms with Crippen molar-refractivity contribution >= 4 is 23.5 Å². The summed E-state index contributed by atoms with van der Waals surface area (Å²) in [6.45, 7) is 7.58. The minimum atomic E-state index is -0.503. The van der Waals surface area contributed by atoms with Crippen molar-refractivity contribution in [2.24, 2.45) is 10.4 Å². The molecule has 0 aliphatic carbocycles. The van der Waals surface area contributed by atoms with Crippen LogP contribution in [0.25, 0.3) is 0 Å². The Morgan fingerprint density at radius 3 is 2.12 bits per heavy atom. The van der Waals surface area contributed by atoms with Crippen molar-refractivity contribution in [3.63, 3.8) is 0 Å². The Morgan fingerprint density at radius 2 is 1.53 bits per heavy atom. The maximum atomic E-state index is 12.5. The second kappa shape index (κ2) is 16.3. The van der Waals surface area contributed by atoms with E-state index in [-0.39, 0.29) is 28.8 Å². The zero-order valence-corrected chi connectivity index (χ0v) is 29.4. The number of nitro groups is 1. The van der Waals surface area contributed by atoms with Gasteiger partial charge in [0.15, 0.2) is 23.0 Å². The zero-order valence-electron chi connectivity index (χ0n) is 29.4. The first-order valence-corrected chi connectivity index (χ1v) is 16.0. The molecule has 2 aliphatic heterocycles. The lowest BCUT2D eigenvalue weighted by atomic mass is 9.89. The van der Waals surface area contributed by atoms with E-state index in [9.17, 15) is 14.9 Å². The summed E-state index contributed by atoms with van der Waals surface area (Å²) in [7, 11) is 7.59. The third-order valence-electron chi connectivity index (χ3n) is 8.23. The maximum Gasteiger partial charge on any atom is 0.315 e. The average Bonchev–Trinajstić information content (AvgIpc) is 3.53. The van der Waals surface area contributed by atoms with Crippen molar-refractivity contribution in [3.05, 3.63) is 58.1 Å². The standard InChI is InChI=1S/C22H29NO7.C14H16N2O3/c1-7-10-22(2,3)14-29-15-8-9-18(17(11-15)23(24)25)30-16-12-19(26-4)21(28-6)20(13-16)27-5;1-18-12-6-10-11(7-13(12)19-2)15-8-9-4-3-5-16(9)14(10)17/h8-9,11-13H,7,10,14H2,1-6H3;6-9H,3-5H2,1-2H3. The molecule has 5 rings (SSSR count). The van der Waals surface area contributed by atoms with E-state index >= 15 is 0 Å². The van der Waals surface area contributed by atoms with Crippen LogP contribution in [-0.2, 0) is 0 Å². The van der Waals surface area contributed by atoms with Gasteiger partial charge in [-0.1, -0.05) is 27.2 Å². The van der Waals surface area contributed by atoms with Gasteiger partial charge in [-0.05, 0) is 42.9 Å². The van der Waals surface area contributed by atoms with Crippen LogP contribution >= 0.6 is 0 Å². The lowest BCUT2D eigenvalue weighted by molar-refractivity contribution is -0.385. The van der Waals surface area contributed by atoms with E-state index in [4.69, 9.17) is 33.2 Å². The fraction of sp³-hybridized carbons (Fsp3) is 0.444. The van der Waals surface area contributed by atoms with Crippen molar-refractivity contribution in [2.45, 2.75) is 52.5 Å². The first-order chi connectivity index (χ1) is 23.5. The number of amides is 1. The molecule has 0 spiro atoms. The molecule has 1 atom stereocenters. The molecule has 0 bridgehead atoms. The summed E-state index contributed by atoms with van der Waals surface area (Å²) in [6.07, 6.45) is 5.92. The summed E-state index contributed by atoms with van der Waals surface area (Å²) >= 11 is 0. The topological polar surface area (TPSA) is 140 Å². The van der Waals surface area contributed by atoms with Crippen molar-refractivity contribution in [1.82, 2.24) is 4.90 Å². The molecule has 13 nitrogen and oxygen atoms in total. The predicted octanol–water partition coefficient (Wildman–Crippen LogP) is 7.64. The van der Waals surface area contributed by atoms with Gasteiger partial charge in [-0.15, -0.1) is 0 Å². The number of methoxy groups -OCH3 is 5. The molecule has 3 aromatic rings. The Labute approximate surface area is 286 Å². The summed E-state index contributed by atoms with van der Waals surface area (Å²) in [5.41, 5.74) is 1.01. The van der Waals surface area contributed by atoms with Crippen molar-refractivity contribution < 1.29 is 42.9 Å². The molecule has 2 heterocycles. The van der Waals surface area contributed by atoms with E-state index in [1.165, 1.54) is 33.5 Å². The minimum Gasteiger partial charge on any atom is -0.493 e. The number of hydrogen-bond donors (Lipinski definition) is 0. The smallest absolute Gasteiger partial charge is 0.315 e. The van der Waals surface area contributed by atoms with Crippen molar-refractivity contribution in [1.29, 1.82) is 0 Å². The van der Waals surface area contributed by atoms with Gasteiger partial charge in [0, 0.05) is 31.0 Å². The molecule has 0 aromatic heterocycles. The number of carbonyl (C=O) groups is 1. The highest BCUT2D eigenvalue weighted by Crippen LogP contribution is 2.44. The van der Waals surface area contributed by atoms with Crippen LogP contribution in [0.1, 0.15) is 56.8 Å². The highest BCUT2D eigenvalue weighted by molar-refractivity contribution is 6.03. The predicted molar refractivity (Wildman–Crippen MR) is 185 cm³/mol. The van der Waals surface area contributed by atoms with Gasteiger partial charge in [0.05, 0.1) is 70.4 Å². The Bertz CT molecular complexity index is 1650. The maximum absolute atomic E-state index is 12.5. The number of aliphatic imine (C=N–C) groups is 1. The summed E-state index contributed by atoms with van der Waals surface area (Å²) in [5.74, 6) is 3.15. The van der Waals surface area contributed by atoms with Crippen LogP contribution < -0.4 is 33.2 Å². The fourth-order valence-electron chi connectivity index (χ4n) is 5.75. The van der Waals surface area contributed by atoms with E-state index in [0.29, 0.717) is 58.1 Å². The molecule has 0 saturated carbocycles. The number of nitrogens with zero attached hydrogens (tertiary/aromatic N) is 3. The number of nitro benzene ring substituents is 1. The summed E-state index contributed by atoms with van der Waals surface area (Å²) < 4.78 is 38.0. The first-order valence-electron chi connectivity index (χ1n) is 16.0. The SMILES string of the molecule is CCCC(C)(C)COc1ccc(Oc2cc(OC)c(OC)c(OC)c2)c([N+](=O)[O-])c1.COc1cc2c(cc1OC)C(=O)N1CCCC1C=N2. The number of fused-ring (bicyclic) bond motifs is 2. The lowest BCUT2D eigenvalue weighted by Gasteiger charge is -2.24. The van der Waals surface area contributed by atoms with Crippen LogP contribution in [0.2, 0.25) is 0 Å². The van der Waals surface area contributed by atoms with Gasteiger partial charge < -0.3 is 38.1 Å². The van der Waals surface area contributed by atoms with Crippen LogP contribution in [0.4, 0.5) is 11.4 Å². The fourth-order valence-corrected chi connectivity index (χ4v) is 5.75. The average molecular weight is 680 g/mol. The molecule has 0 N–H and O–H groups in total. The van der Waals surface area contributed by atoms with Crippen molar-refractivity contribution in [3.8, 4) is 46.0 Å². The number of carbonyl (C=O) groups excluding carboxylic acids is 1. The zero-order chi connectivity index (χ0) is 35.7. The summed E-state index contributed by atoms with van der Waals surface area (Å²) in [4.78, 5) is 30.0. The molecular formula is C36H45N3O10. The van der Waals surface area contributed by atoms with E-state index < -0.39 is 4.92 Å². The molecule has 3 aromatic carbocycles. The largest absolute Gasteiger partial charge is 0.493 e. The Hall–Kier alpha value is -5.20. The van der Waals surface area contributed by atoms with E-state index in [1.807, 2.05) is 11.1 Å². The van der Waals surface area contributed by atoms with Crippen LogP contribution in [0.3, 0.4) is 0 Å². The van der Waals surface area contributed by atoms with Gasteiger partial charge in [0.25, 0.3) is 5.91 Å². The van der Waals surface area contributed by atoms with Crippen LogP contribution in [-0.4, -0.2) is 76.7 Å². The normalized spacial score (nSPS) is 14.8. The Kier molecular flexibility index (Phi) is 12.2. The molecule has 2 aliphatic rings. The summed E-state index contributed by atoms with van der Waals surface area (Å²) in [6, 6.07) is 11.3. The van der Waals surface area contributed by atoms with Gasteiger partial charge in [-0.25, -0.2) is 0 Å². The van der Waals surface area contributed by atoms with E-state index in [0.717, 1.165) is 32.2 Å². The van der Waals surface area contributed by atoms with Gasteiger partial charge in [-0.3, -0.25) is 19.9 Å². The quantitative estimate of drug-likeness (QED) is 0.131. The molecule has 1 amide bonds. The van der Waals surface area contributed by atoms with Crippen molar-refractivity contribution in [2.75, 3.05) is 48.7 Å². The monoisotopic (exact) mass is 679 g/mol. The minimum absolute atomic E-state index is 0.0189. The second-order valence-corrected chi connectivity index (χ2v) is 12.3. The molecular weight excluding hydrogens is 634 g/mol. The number of hydrogen-bond acceptors (Lipinski definition) is 11. The molecule has 1 fully saturated rings. The highest BCUT2D eigenvalue weighted by Gasteiger charge is 2.32. The summed E-state index contributed by atoms with van der Waals surface area (Å²) in [5, 5.41) is 11.6.